The molecule has 2 aromatic carbocycles. The molecule has 0 radical (unpaired) electrons. The Bertz CT molecular complexity index is 644. The molecular formula is C15H11BrClFO. The van der Waals surface area contributed by atoms with Gasteiger partial charge in [-0.05, 0) is 71.2 Å². The van der Waals surface area contributed by atoms with Gasteiger partial charge in [-0.15, -0.1) is 0 Å². The van der Waals surface area contributed by atoms with E-state index in [4.69, 9.17) is 11.6 Å². The molecule has 0 fully saturated rings. The number of hydrogen-bond donors (Lipinski definition) is 0. The second-order valence-corrected chi connectivity index (χ2v) is 5.67. The van der Waals surface area contributed by atoms with Crippen molar-refractivity contribution in [3.05, 3.63) is 67.9 Å². The third kappa shape index (κ3) is 2.88. The molecule has 1 nitrogen and oxygen atoms in total. The van der Waals surface area contributed by atoms with Gasteiger partial charge in [0.25, 0.3) is 0 Å². The van der Waals surface area contributed by atoms with Crippen LogP contribution in [0, 0.1) is 19.7 Å². The predicted molar refractivity (Wildman–Crippen MR) is 78.5 cm³/mol. The van der Waals surface area contributed by atoms with Gasteiger partial charge in [0.15, 0.2) is 5.78 Å². The Labute approximate surface area is 124 Å². The number of carbonyl (C=O) groups is 1. The predicted octanol–water partition coefficient (Wildman–Crippen LogP) is 5.09. The number of carbonyl (C=O) groups excluding carboxylic acids is 1. The molecule has 0 aliphatic heterocycles. The summed E-state index contributed by atoms with van der Waals surface area (Å²) in [6.45, 7) is 3.30. The molecule has 0 atom stereocenters. The van der Waals surface area contributed by atoms with E-state index in [0.29, 0.717) is 31.7 Å². The fourth-order valence-corrected chi connectivity index (χ4v) is 2.77. The van der Waals surface area contributed by atoms with Crippen LogP contribution < -0.4 is 0 Å². The number of ketones is 1. The van der Waals surface area contributed by atoms with Crippen LogP contribution in [0.4, 0.5) is 4.39 Å². The normalized spacial score (nSPS) is 10.6. The first-order valence-corrected chi connectivity index (χ1v) is 6.83. The van der Waals surface area contributed by atoms with Crippen molar-refractivity contribution in [1.82, 2.24) is 0 Å². The molecule has 0 unspecified atom stereocenters. The van der Waals surface area contributed by atoms with Crippen molar-refractivity contribution >= 4 is 33.3 Å². The molecule has 98 valence electrons. The largest absolute Gasteiger partial charge is 0.289 e. The molecule has 0 bridgehead atoms. The number of rotatable bonds is 2. The van der Waals surface area contributed by atoms with E-state index in [1.165, 1.54) is 0 Å². The number of halogens is 3. The van der Waals surface area contributed by atoms with Crippen LogP contribution in [0.3, 0.4) is 0 Å². The van der Waals surface area contributed by atoms with E-state index in [2.05, 4.69) is 15.9 Å². The lowest BCUT2D eigenvalue weighted by molar-refractivity contribution is 0.103. The van der Waals surface area contributed by atoms with E-state index in [0.717, 1.165) is 0 Å². The molecule has 0 amide bonds. The first kappa shape index (κ1) is 14.2. The van der Waals surface area contributed by atoms with Gasteiger partial charge >= 0.3 is 0 Å². The molecule has 0 heterocycles. The Morgan fingerprint density at radius 2 is 1.74 bits per heavy atom. The van der Waals surface area contributed by atoms with Crippen LogP contribution in [0.15, 0.2) is 34.8 Å². The van der Waals surface area contributed by atoms with Gasteiger partial charge in [0.05, 0.1) is 0 Å². The van der Waals surface area contributed by atoms with Gasteiger partial charge in [-0.1, -0.05) is 11.6 Å². The van der Waals surface area contributed by atoms with Crippen molar-refractivity contribution in [2.45, 2.75) is 13.8 Å². The monoisotopic (exact) mass is 340 g/mol. The van der Waals surface area contributed by atoms with Crippen LogP contribution in [-0.4, -0.2) is 5.78 Å². The Kier molecular flexibility index (Phi) is 4.07. The highest BCUT2D eigenvalue weighted by molar-refractivity contribution is 9.10. The first-order valence-electron chi connectivity index (χ1n) is 5.66. The third-order valence-electron chi connectivity index (χ3n) is 2.87. The van der Waals surface area contributed by atoms with Crippen LogP contribution in [0.2, 0.25) is 5.02 Å². The van der Waals surface area contributed by atoms with Crippen molar-refractivity contribution in [3.8, 4) is 0 Å². The SMILES string of the molecule is Cc1cc(C(=O)c2ccc(Cl)cc2Br)cc(C)c1F. The molecular weight excluding hydrogens is 331 g/mol. The van der Waals surface area contributed by atoms with Gasteiger partial charge in [-0.2, -0.15) is 0 Å². The van der Waals surface area contributed by atoms with Crippen molar-refractivity contribution in [2.24, 2.45) is 0 Å². The van der Waals surface area contributed by atoms with Crippen LogP contribution in [-0.2, 0) is 0 Å². The zero-order valence-electron chi connectivity index (χ0n) is 10.4. The van der Waals surface area contributed by atoms with Gasteiger partial charge in [0.1, 0.15) is 5.82 Å². The van der Waals surface area contributed by atoms with Crippen molar-refractivity contribution in [2.75, 3.05) is 0 Å². The first-order chi connectivity index (χ1) is 8.90. The second kappa shape index (κ2) is 5.43. The third-order valence-corrected chi connectivity index (χ3v) is 3.77. The van der Waals surface area contributed by atoms with E-state index < -0.39 is 0 Å². The summed E-state index contributed by atoms with van der Waals surface area (Å²) in [7, 11) is 0. The van der Waals surface area contributed by atoms with E-state index in [1.807, 2.05) is 0 Å². The van der Waals surface area contributed by atoms with Gasteiger partial charge < -0.3 is 0 Å². The lowest BCUT2D eigenvalue weighted by Crippen LogP contribution is -2.04. The molecule has 4 heteroatoms. The summed E-state index contributed by atoms with van der Waals surface area (Å²) < 4.78 is 14.2. The Hall–Kier alpha value is -1.19. The Balaban J connectivity index is 2.50. The number of benzene rings is 2. The van der Waals surface area contributed by atoms with Crippen LogP contribution in [0.5, 0.6) is 0 Å². The van der Waals surface area contributed by atoms with Gasteiger partial charge in [0, 0.05) is 20.6 Å². The zero-order chi connectivity index (χ0) is 14.2. The topological polar surface area (TPSA) is 17.1 Å². The standard InChI is InChI=1S/C15H11BrClFO/c1-8-5-10(6-9(2)14(8)18)15(19)12-4-3-11(17)7-13(12)16/h3-7H,1-2H3. The quantitative estimate of drug-likeness (QED) is 0.695. The molecule has 0 N–H and O–H groups in total. The minimum atomic E-state index is -0.272. The van der Waals surface area contributed by atoms with E-state index in [1.54, 1.807) is 44.2 Å². The fraction of sp³-hybridized carbons (Fsp3) is 0.133. The van der Waals surface area contributed by atoms with Gasteiger partial charge in [-0.25, -0.2) is 4.39 Å². The molecule has 2 rings (SSSR count). The molecule has 2 aromatic rings. The van der Waals surface area contributed by atoms with E-state index >= 15 is 0 Å². The van der Waals surface area contributed by atoms with Crippen LogP contribution in [0.1, 0.15) is 27.0 Å². The average molecular weight is 342 g/mol. The fourth-order valence-electron chi connectivity index (χ4n) is 1.91. The van der Waals surface area contributed by atoms with E-state index in [-0.39, 0.29) is 11.6 Å². The molecule has 0 aliphatic rings. The summed E-state index contributed by atoms with van der Waals surface area (Å²) in [5.41, 5.74) is 1.91. The molecule has 19 heavy (non-hydrogen) atoms. The summed E-state index contributed by atoms with van der Waals surface area (Å²) >= 11 is 9.17. The smallest absolute Gasteiger partial charge is 0.194 e. The molecule has 0 saturated carbocycles. The maximum atomic E-state index is 13.6. The maximum absolute atomic E-state index is 13.6. The molecule has 0 aliphatic carbocycles. The lowest BCUT2D eigenvalue weighted by atomic mass is 9.99. The van der Waals surface area contributed by atoms with Gasteiger partial charge in [0.2, 0.25) is 0 Å². The zero-order valence-corrected chi connectivity index (χ0v) is 12.8. The van der Waals surface area contributed by atoms with Crippen LogP contribution >= 0.6 is 27.5 Å². The summed E-state index contributed by atoms with van der Waals surface area (Å²) in [6.07, 6.45) is 0. The van der Waals surface area contributed by atoms with Gasteiger partial charge in [-0.3, -0.25) is 4.79 Å². The molecule has 0 saturated heterocycles. The summed E-state index contributed by atoms with van der Waals surface area (Å²) in [6, 6.07) is 8.10. The second-order valence-electron chi connectivity index (χ2n) is 4.38. The minimum absolute atomic E-state index is 0.158. The van der Waals surface area contributed by atoms with Crippen LogP contribution in [0.25, 0.3) is 0 Å². The highest BCUT2D eigenvalue weighted by Crippen LogP contribution is 2.25. The Morgan fingerprint density at radius 1 is 1.16 bits per heavy atom. The minimum Gasteiger partial charge on any atom is -0.289 e. The number of aryl methyl sites for hydroxylation is 2. The van der Waals surface area contributed by atoms with Crippen molar-refractivity contribution in [3.63, 3.8) is 0 Å². The Morgan fingerprint density at radius 3 is 2.26 bits per heavy atom. The highest BCUT2D eigenvalue weighted by Gasteiger charge is 2.15. The summed E-state index contributed by atoms with van der Waals surface area (Å²) in [4.78, 5) is 12.4. The maximum Gasteiger partial charge on any atom is 0.194 e. The molecule has 0 spiro atoms. The summed E-state index contributed by atoms with van der Waals surface area (Å²) in [5, 5.41) is 0.551. The summed E-state index contributed by atoms with van der Waals surface area (Å²) in [5.74, 6) is -0.429. The van der Waals surface area contributed by atoms with E-state index in [9.17, 15) is 9.18 Å². The lowest BCUT2D eigenvalue weighted by Gasteiger charge is -2.08. The van der Waals surface area contributed by atoms with Crippen molar-refractivity contribution < 1.29 is 9.18 Å². The number of hydrogen-bond acceptors (Lipinski definition) is 1. The van der Waals surface area contributed by atoms with Crippen molar-refractivity contribution in [1.29, 1.82) is 0 Å². The molecule has 0 aromatic heterocycles. The highest BCUT2D eigenvalue weighted by atomic mass is 79.9. The average Bonchev–Trinajstić information content (AvgIpc) is 2.34.